The van der Waals surface area contributed by atoms with Gasteiger partial charge in [0.05, 0.1) is 6.04 Å². The summed E-state index contributed by atoms with van der Waals surface area (Å²) >= 11 is 6.40. The average molecular weight is 297 g/mol. The van der Waals surface area contributed by atoms with Crippen LogP contribution in [0.5, 0.6) is 0 Å². The van der Waals surface area contributed by atoms with Crippen LogP contribution >= 0.6 is 11.6 Å². The molecule has 0 aliphatic carbocycles. The molecule has 2 atom stereocenters. The lowest BCUT2D eigenvalue weighted by Gasteiger charge is -2.40. The van der Waals surface area contributed by atoms with Crippen LogP contribution in [-0.2, 0) is 4.74 Å². The van der Waals surface area contributed by atoms with E-state index in [0.717, 1.165) is 43.1 Å². The Labute approximate surface area is 127 Å². The summed E-state index contributed by atoms with van der Waals surface area (Å²) in [5, 5.41) is 0.806. The maximum absolute atomic E-state index is 6.40. The Morgan fingerprint density at radius 3 is 2.60 bits per heavy atom. The predicted octanol–water partition coefficient (Wildman–Crippen LogP) is 3.23. The lowest BCUT2D eigenvalue weighted by molar-refractivity contribution is 0.0233. The molecule has 0 saturated carbocycles. The zero-order chi connectivity index (χ0) is 14.5. The minimum absolute atomic E-state index is 0.0859. The number of likely N-dealkylation sites (N-methyl/N-ethyl adjacent to an activating group) is 1. The molecule has 1 saturated heterocycles. The van der Waals surface area contributed by atoms with Gasteiger partial charge in [-0.05, 0) is 37.9 Å². The molecule has 2 rings (SSSR count). The summed E-state index contributed by atoms with van der Waals surface area (Å²) in [6, 6.07) is 8.81. The Morgan fingerprint density at radius 1 is 1.35 bits per heavy atom. The number of hydrogen-bond donors (Lipinski definition) is 1. The highest BCUT2D eigenvalue weighted by Gasteiger charge is 2.30. The smallest absolute Gasteiger partial charge is 0.0513 e. The standard InChI is InChI=1S/C16H25ClN2O/c1-3-15(18)16(13-6-4-5-7-14(13)17)19(2)12-8-10-20-11-9-12/h4-7,12,15-16H,3,8-11,18H2,1-2H3. The molecular weight excluding hydrogens is 272 g/mol. The first-order valence-electron chi connectivity index (χ1n) is 7.44. The van der Waals surface area contributed by atoms with Crippen LogP contribution in [0.3, 0.4) is 0 Å². The van der Waals surface area contributed by atoms with Gasteiger partial charge in [0.1, 0.15) is 0 Å². The van der Waals surface area contributed by atoms with E-state index < -0.39 is 0 Å². The fraction of sp³-hybridized carbons (Fsp3) is 0.625. The van der Waals surface area contributed by atoms with Gasteiger partial charge in [0.15, 0.2) is 0 Å². The summed E-state index contributed by atoms with van der Waals surface area (Å²) in [5.74, 6) is 0. The molecule has 112 valence electrons. The Kier molecular flexibility index (Phi) is 5.85. The Bertz CT molecular complexity index is 421. The van der Waals surface area contributed by atoms with Gasteiger partial charge in [0.2, 0.25) is 0 Å². The molecule has 1 aliphatic rings. The zero-order valence-corrected chi connectivity index (χ0v) is 13.1. The summed E-state index contributed by atoms with van der Waals surface area (Å²) in [6.45, 7) is 3.81. The Morgan fingerprint density at radius 2 is 2.00 bits per heavy atom. The van der Waals surface area contributed by atoms with Crippen molar-refractivity contribution >= 4 is 11.6 Å². The third kappa shape index (κ3) is 3.53. The fourth-order valence-electron chi connectivity index (χ4n) is 3.01. The number of nitrogens with zero attached hydrogens (tertiary/aromatic N) is 1. The highest BCUT2D eigenvalue weighted by molar-refractivity contribution is 6.31. The molecule has 0 aromatic heterocycles. The van der Waals surface area contributed by atoms with Crippen molar-refractivity contribution in [3.63, 3.8) is 0 Å². The second kappa shape index (κ2) is 7.41. The summed E-state index contributed by atoms with van der Waals surface area (Å²) in [6.07, 6.45) is 3.06. The van der Waals surface area contributed by atoms with E-state index in [1.807, 2.05) is 18.2 Å². The number of hydrogen-bond acceptors (Lipinski definition) is 3. The van der Waals surface area contributed by atoms with Gasteiger partial charge in [0.25, 0.3) is 0 Å². The van der Waals surface area contributed by atoms with Crippen molar-refractivity contribution in [1.82, 2.24) is 4.90 Å². The maximum atomic E-state index is 6.40. The maximum Gasteiger partial charge on any atom is 0.0513 e. The van der Waals surface area contributed by atoms with Gasteiger partial charge in [0, 0.05) is 30.3 Å². The first kappa shape index (κ1) is 15.8. The van der Waals surface area contributed by atoms with Crippen molar-refractivity contribution in [2.24, 2.45) is 5.73 Å². The highest BCUT2D eigenvalue weighted by Crippen LogP contribution is 2.32. The molecule has 1 aromatic carbocycles. The molecular formula is C16H25ClN2O. The van der Waals surface area contributed by atoms with Gasteiger partial charge in [-0.15, -0.1) is 0 Å². The van der Waals surface area contributed by atoms with Gasteiger partial charge in [-0.3, -0.25) is 4.90 Å². The molecule has 0 bridgehead atoms. The second-order valence-corrected chi connectivity index (χ2v) is 5.95. The topological polar surface area (TPSA) is 38.5 Å². The van der Waals surface area contributed by atoms with Crippen LogP contribution in [-0.4, -0.2) is 37.2 Å². The van der Waals surface area contributed by atoms with Crippen LogP contribution in [0.15, 0.2) is 24.3 Å². The molecule has 2 unspecified atom stereocenters. The average Bonchev–Trinajstić information content (AvgIpc) is 2.50. The van der Waals surface area contributed by atoms with Gasteiger partial charge < -0.3 is 10.5 Å². The molecule has 1 aromatic rings. The number of nitrogens with two attached hydrogens (primary N) is 1. The lowest BCUT2D eigenvalue weighted by Crippen LogP contribution is -2.46. The van der Waals surface area contributed by atoms with Crippen molar-refractivity contribution < 1.29 is 4.74 Å². The van der Waals surface area contributed by atoms with E-state index in [4.69, 9.17) is 22.1 Å². The summed E-state index contributed by atoms with van der Waals surface area (Å²) in [7, 11) is 2.17. The van der Waals surface area contributed by atoms with Gasteiger partial charge >= 0.3 is 0 Å². The molecule has 2 N–H and O–H groups in total. The van der Waals surface area contributed by atoms with E-state index in [2.05, 4.69) is 24.9 Å². The van der Waals surface area contributed by atoms with E-state index in [1.54, 1.807) is 0 Å². The van der Waals surface area contributed by atoms with Crippen LogP contribution in [0.4, 0.5) is 0 Å². The van der Waals surface area contributed by atoms with Crippen molar-refractivity contribution in [2.75, 3.05) is 20.3 Å². The molecule has 0 radical (unpaired) electrons. The SMILES string of the molecule is CCC(N)C(c1ccccc1Cl)N(C)C1CCOCC1. The summed E-state index contributed by atoms with van der Waals surface area (Å²) < 4.78 is 5.46. The molecule has 3 nitrogen and oxygen atoms in total. The van der Waals surface area contributed by atoms with E-state index in [9.17, 15) is 0 Å². The fourth-order valence-corrected chi connectivity index (χ4v) is 3.26. The largest absolute Gasteiger partial charge is 0.381 e. The van der Waals surface area contributed by atoms with Gasteiger partial charge in [-0.1, -0.05) is 36.7 Å². The first-order chi connectivity index (χ1) is 9.65. The monoisotopic (exact) mass is 296 g/mol. The Hall–Kier alpha value is -0.610. The van der Waals surface area contributed by atoms with E-state index in [1.165, 1.54) is 0 Å². The number of benzene rings is 1. The number of rotatable bonds is 5. The van der Waals surface area contributed by atoms with E-state index >= 15 is 0 Å². The van der Waals surface area contributed by atoms with Crippen LogP contribution in [0.1, 0.15) is 37.8 Å². The van der Waals surface area contributed by atoms with Crippen molar-refractivity contribution in [3.05, 3.63) is 34.9 Å². The summed E-state index contributed by atoms with van der Waals surface area (Å²) in [5.41, 5.74) is 7.53. The number of halogens is 1. The molecule has 1 heterocycles. The quantitative estimate of drug-likeness (QED) is 0.906. The van der Waals surface area contributed by atoms with Crippen LogP contribution < -0.4 is 5.73 Å². The normalized spacial score (nSPS) is 20.1. The van der Waals surface area contributed by atoms with E-state index in [0.29, 0.717) is 6.04 Å². The van der Waals surface area contributed by atoms with Crippen LogP contribution in [0.25, 0.3) is 0 Å². The first-order valence-corrected chi connectivity index (χ1v) is 7.82. The van der Waals surface area contributed by atoms with Gasteiger partial charge in [-0.25, -0.2) is 0 Å². The third-order valence-corrected chi connectivity index (χ3v) is 4.65. The minimum atomic E-state index is 0.0859. The molecule has 1 aliphatic heterocycles. The van der Waals surface area contributed by atoms with Gasteiger partial charge in [-0.2, -0.15) is 0 Å². The van der Waals surface area contributed by atoms with Crippen molar-refractivity contribution in [1.29, 1.82) is 0 Å². The minimum Gasteiger partial charge on any atom is -0.381 e. The van der Waals surface area contributed by atoms with Crippen molar-refractivity contribution in [3.8, 4) is 0 Å². The lowest BCUT2D eigenvalue weighted by atomic mass is 9.93. The molecule has 4 heteroatoms. The molecule has 1 fully saturated rings. The zero-order valence-electron chi connectivity index (χ0n) is 12.4. The number of ether oxygens (including phenoxy) is 1. The summed E-state index contributed by atoms with van der Waals surface area (Å²) in [4.78, 5) is 2.40. The van der Waals surface area contributed by atoms with E-state index in [-0.39, 0.29) is 12.1 Å². The molecule has 0 amide bonds. The second-order valence-electron chi connectivity index (χ2n) is 5.55. The molecule has 20 heavy (non-hydrogen) atoms. The Balaban J connectivity index is 2.25. The van der Waals surface area contributed by atoms with Crippen LogP contribution in [0, 0.1) is 0 Å². The van der Waals surface area contributed by atoms with Crippen LogP contribution in [0.2, 0.25) is 5.02 Å². The highest BCUT2D eigenvalue weighted by atomic mass is 35.5. The van der Waals surface area contributed by atoms with Crippen molar-refractivity contribution in [2.45, 2.75) is 44.3 Å². The predicted molar refractivity (Wildman–Crippen MR) is 84.1 cm³/mol. The third-order valence-electron chi connectivity index (χ3n) is 4.31. The molecule has 0 spiro atoms.